The van der Waals surface area contributed by atoms with Gasteiger partial charge in [-0.15, -0.1) is 0 Å². The lowest BCUT2D eigenvalue weighted by molar-refractivity contribution is -0.144. The summed E-state index contributed by atoms with van der Waals surface area (Å²) in [6, 6.07) is 15.8. The zero-order valence-corrected chi connectivity index (χ0v) is 20.7. The maximum absolute atomic E-state index is 12.2. The van der Waals surface area contributed by atoms with Crippen LogP contribution in [0.2, 0.25) is 5.02 Å². The molecule has 30 heavy (non-hydrogen) atoms. The third-order valence-electron chi connectivity index (χ3n) is 4.39. The van der Waals surface area contributed by atoms with Gasteiger partial charge in [0.2, 0.25) is 0 Å². The molecule has 0 aliphatic heterocycles. The maximum Gasteiger partial charge on any atom is 0.310 e. The van der Waals surface area contributed by atoms with Crippen LogP contribution in [-0.4, -0.2) is 24.6 Å². The number of hydrogen-bond acceptors (Lipinski definition) is 5. The van der Waals surface area contributed by atoms with Crippen molar-refractivity contribution in [3.8, 4) is 11.3 Å². The van der Waals surface area contributed by atoms with Gasteiger partial charge in [0.05, 0.1) is 22.5 Å². The summed E-state index contributed by atoms with van der Waals surface area (Å²) in [4.78, 5) is 16.9. The molecule has 0 spiro atoms. The largest absolute Gasteiger partial charge is 0.469 e. The Morgan fingerprint density at radius 1 is 1.23 bits per heavy atom. The fraction of sp³-hybridized carbons (Fsp3) is 0.304. The van der Waals surface area contributed by atoms with Gasteiger partial charge in [0.25, 0.3) is 0 Å². The third kappa shape index (κ3) is 6.56. The number of hydrogen-bond donors (Lipinski definition) is 1. The molecule has 7 heteroatoms. The first-order valence-electron chi connectivity index (χ1n) is 9.76. The van der Waals surface area contributed by atoms with Crippen molar-refractivity contribution < 1.29 is 9.53 Å². The predicted octanol–water partition coefficient (Wildman–Crippen LogP) is 7.00. The number of carbonyl (C=O) groups is 1. The van der Waals surface area contributed by atoms with Crippen LogP contribution in [0, 0.1) is 12.8 Å². The third-order valence-corrected chi connectivity index (χ3v) is 6.46. The molecule has 1 heterocycles. The molecule has 0 amide bonds. The Kier molecular flexibility index (Phi) is 9.82. The van der Waals surface area contributed by atoms with E-state index in [-0.39, 0.29) is 11.9 Å². The van der Waals surface area contributed by atoms with Crippen LogP contribution in [-0.2, 0) is 16.0 Å². The zero-order chi connectivity index (χ0) is 22.1. The van der Waals surface area contributed by atoms with E-state index >= 15 is 0 Å². The van der Waals surface area contributed by atoms with Gasteiger partial charge in [0, 0.05) is 17.1 Å². The van der Waals surface area contributed by atoms with Gasteiger partial charge < -0.3 is 10.1 Å². The van der Waals surface area contributed by atoms with Crippen LogP contribution in [0.15, 0.2) is 52.3 Å². The number of anilines is 1. The smallest absolute Gasteiger partial charge is 0.310 e. The van der Waals surface area contributed by atoms with E-state index in [9.17, 15) is 4.79 Å². The van der Waals surface area contributed by atoms with E-state index in [1.54, 1.807) is 0 Å². The Morgan fingerprint density at radius 3 is 2.57 bits per heavy atom. The standard InChI is InChI=1S/C21H20BrClN2O2S.C2H6/c1-13-8-9-15(11-17(13)23)18-19(22)28-21(25-18)24-12-16(20(26)27-2)10-14-6-4-3-5-7-14;1-2/h3-9,11,16H,10,12H2,1-2H3,(H,24,25);1-2H3. The minimum Gasteiger partial charge on any atom is -0.469 e. The fourth-order valence-electron chi connectivity index (χ4n) is 2.81. The molecule has 0 aliphatic carbocycles. The van der Waals surface area contributed by atoms with Gasteiger partial charge in [0.1, 0.15) is 0 Å². The second-order valence-electron chi connectivity index (χ2n) is 6.40. The van der Waals surface area contributed by atoms with Crippen molar-refractivity contribution in [1.29, 1.82) is 0 Å². The van der Waals surface area contributed by atoms with Crippen molar-refractivity contribution in [2.45, 2.75) is 27.2 Å². The number of esters is 1. The first kappa shape index (κ1) is 24.4. The number of aromatic nitrogens is 1. The van der Waals surface area contributed by atoms with E-state index in [4.69, 9.17) is 16.3 Å². The molecule has 2 aromatic carbocycles. The van der Waals surface area contributed by atoms with Crippen molar-refractivity contribution in [1.82, 2.24) is 4.98 Å². The fourth-order valence-corrected chi connectivity index (χ4v) is 4.49. The van der Waals surface area contributed by atoms with E-state index in [2.05, 4.69) is 26.2 Å². The summed E-state index contributed by atoms with van der Waals surface area (Å²) in [6.45, 7) is 6.41. The van der Waals surface area contributed by atoms with Crippen LogP contribution in [0.5, 0.6) is 0 Å². The molecule has 0 saturated heterocycles. The van der Waals surface area contributed by atoms with Crippen molar-refractivity contribution in [2.75, 3.05) is 19.0 Å². The molecule has 0 bridgehead atoms. The Hall–Kier alpha value is -1.89. The first-order valence-corrected chi connectivity index (χ1v) is 11.7. The number of aryl methyl sites for hydroxylation is 1. The maximum atomic E-state index is 12.2. The van der Waals surface area contributed by atoms with Gasteiger partial charge in [0.15, 0.2) is 5.13 Å². The highest BCUT2D eigenvalue weighted by Gasteiger charge is 2.21. The molecule has 1 N–H and O–H groups in total. The minimum absolute atomic E-state index is 0.238. The van der Waals surface area contributed by atoms with Gasteiger partial charge >= 0.3 is 5.97 Å². The molecule has 1 unspecified atom stereocenters. The Labute approximate surface area is 195 Å². The number of methoxy groups -OCH3 is 1. The number of rotatable bonds is 7. The van der Waals surface area contributed by atoms with E-state index in [0.29, 0.717) is 18.0 Å². The molecule has 0 aliphatic rings. The number of benzene rings is 2. The molecule has 3 aromatic rings. The number of nitrogens with one attached hydrogen (secondary N) is 1. The highest BCUT2D eigenvalue weighted by Crippen LogP contribution is 2.37. The summed E-state index contributed by atoms with van der Waals surface area (Å²) in [5, 5.41) is 4.73. The molecule has 3 rings (SSSR count). The number of ether oxygens (including phenoxy) is 1. The highest BCUT2D eigenvalue weighted by atomic mass is 79.9. The highest BCUT2D eigenvalue weighted by molar-refractivity contribution is 9.11. The number of thiazole rings is 1. The topological polar surface area (TPSA) is 51.2 Å². The summed E-state index contributed by atoms with van der Waals surface area (Å²) >= 11 is 11.3. The summed E-state index contributed by atoms with van der Waals surface area (Å²) < 4.78 is 5.89. The van der Waals surface area contributed by atoms with Crippen LogP contribution >= 0.6 is 38.9 Å². The molecular weight excluding hydrogens is 484 g/mol. The zero-order valence-electron chi connectivity index (χ0n) is 17.5. The molecule has 0 saturated carbocycles. The minimum atomic E-state index is -0.299. The van der Waals surface area contributed by atoms with E-state index < -0.39 is 0 Å². The lowest BCUT2D eigenvalue weighted by Gasteiger charge is -2.15. The lowest BCUT2D eigenvalue weighted by atomic mass is 9.99. The van der Waals surface area contributed by atoms with Crippen LogP contribution in [0.3, 0.4) is 0 Å². The Bertz CT molecular complexity index is 963. The second kappa shape index (κ2) is 12.1. The van der Waals surface area contributed by atoms with Gasteiger partial charge in [-0.3, -0.25) is 4.79 Å². The van der Waals surface area contributed by atoms with Crippen LogP contribution in [0.1, 0.15) is 25.0 Å². The molecule has 160 valence electrons. The average molecular weight is 510 g/mol. The summed E-state index contributed by atoms with van der Waals surface area (Å²) in [5.41, 5.74) is 3.89. The van der Waals surface area contributed by atoms with Crippen LogP contribution in [0.4, 0.5) is 5.13 Å². The molecule has 4 nitrogen and oxygen atoms in total. The summed E-state index contributed by atoms with van der Waals surface area (Å²) in [7, 11) is 1.42. The first-order chi connectivity index (χ1) is 14.5. The van der Waals surface area contributed by atoms with E-state index in [1.807, 2.05) is 69.3 Å². The molecule has 0 fully saturated rings. The predicted molar refractivity (Wildman–Crippen MR) is 130 cm³/mol. The molecular formula is C23H26BrClN2O2S. The van der Waals surface area contributed by atoms with Crippen LogP contribution in [0.25, 0.3) is 11.3 Å². The Balaban J connectivity index is 0.00000155. The molecule has 1 atom stereocenters. The van der Waals surface area contributed by atoms with E-state index in [1.165, 1.54) is 18.4 Å². The van der Waals surface area contributed by atoms with Gasteiger partial charge in [-0.1, -0.05) is 79.2 Å². The van der Waals surface area contributed by atoms with Crippen molar-refractivity contribution in [2.24, 2.45) is 5.92 Å². The normalized spacial score (nSPS) is 11.3. The van der Waals surface area contributed by atoms with Crippen LogP contribution < -0.4 is 5.32 Å². The van der Waals surface area contributed by atoms with Crippen molar-refractivity contribution >= 4 is 50.0 Å². The number of nitrogens with zero attached hydrogens (tertiary/aromatic N) is 1. The monoisotopic (exact) mass is 508 g/mol. The molecule has 0 radical (unpaired) electrons. The van der Waals surface area contributed by atoms with Crippen molar-refractivity contribution in [3.63, 3.8) is 0 Å². The van der Waals surface area contributed by atoms with Gasteiger partial charge in [-0.2, -0.15) is 0 Å². The lowest BCUT2D eigenvalue weighted by Crippen LogP contribution is -2.26. The SMILES string of the molecule is CC.COC(=O)C(CNc1nc(-c2ccc(C)c(Cl)c2)c(Br)s1)Cc1ccccc1. The average Bonchev–Trinajstić information content (AvgIpc) is 3.15. The molecule has 1 aromatic heterocycles. The van der Waals surface area contributed by atoms with E-state index in [0.717, 1.165) is 31.3 Å². The quantitative estimate of drug-likeness (QED) is 0.348. The summed E-state index contributed by atoms with van der Waals surface area (Å²) in [6.07, 6.45) is 0.605. The van der Waals surface area contributed by atoms with Gasteiger partial charge in [-0.05, 0) is 46.5 Å². The number of carbonyl (C=O) groups excluding carboxylic acids is 1. The summed E-state index contributed by atoms with van der Waals surface area (Å²) in [5.74, 6) is -0.537. The van der Waals surface area contributed by atoms with Crippen molar-refractivity contribution in [3.05, 3.63) is 68.5 Å². The van der Waals surface area contributed by atoms with Gasteiger partial charge in [-0.25, -0.2) is 4.98 Å². The number of halogens is 2. The second-order valence-corrected chi connectivity index (χ2v) is 9.12. The Morgan fingerprint density at radius 2 is 1.93 bits per heavy atom.